The Morgan fingerprint density at radius 3 is 2.55 bits per heavy atom. The van der Waals surface area contributed by atoms with Gasteiger partial charge in [0.15, 0.2) is 0 Å². The molecule has 0 bridgehead atoms. The quantitative estimate of drug-likeness (QED) is 0.904. The average molecular weight is 273 g/mol. The second kappa shape index (κ2) is 6.25. The number of fused-ring (bicyclic) bond motifs is 1. The number of rotatable bonds is 4. The number of piperazine rings is 1. The van der Waals surface area contributed by atoms with Crippen LogP contribution in [0, 0.1) is 0 Å². The number of benzene rings is 1. The smallest absolute Gasteiger partial charge is 0.0484 e. The molecule has 110 valence electrons. The maximum absolute atomic E-state index is 3.72. The molecular weight excluding hydrogens is 246 g/mol. The minimum absolute atomic E-state index is 0.518. The lowest BCUT2D eigenvalue weighted by molar-refractivity contribution is 0.0866. The van der Waals surface area contributed by atoms with Crippen molar-refractivity contribution >= 4 is 0 Å². The van der Waals surface area contributed by atoms with Gasteiger partial charge in [0.2, 0.25) is 0 Å². The van der Waals surface area contributed by atoms with Gasteiger partial charge in [0.25, 0.3) is 0 Å². The number of nitrogens with zero attached hydrogens (tertiary/aromatic N) is 2. The van der Waals surface area contributed by atoms with Crippen LogP contribution in [0.1, 0.15) is 31.0 Å². The van der Waals surface area contributed by atoms with Gasteiger partial charge in [-0.15, -0.1) is 0 Å². The van der Waals surface area contributed by atoms with Crippen molar-refractivity contribution in [3.05, 3.63) is 35.4 Å². The third-order valence-corrected chi connectivity index (χ3v) is 4.95. The molecule has 1 fully saturated rings. The molecule has 2 unspecified atom stereocenters. The molecule has 0 spiro atoms. The Labute approximate surface area is 123 Å². The summed E-state index contributed by atoms with van der Waals surface area (Å²) in [4.78, 5) is 5.26. The predicted molar refractivity (Wildman–Crippen MR) is 84.0 cm³/mol. The molecule has 0 amide bonds. The Hall–Kier alpha value is -0.900. The van der Waals surface area contributed by atoms with Gasteiger partial charge in [-0.05, 0) is 30.6 Å². The fraction of sp³-hybridized carbons (Fsp3) is 0.647. The molecule has 1 heterocycles. The van der Waals surface area contributed by atoms with Crippen LogP contribution in [-0.2, 0) is 6.42 Å². The van der Waals surface area contributed by atoms with Crippen LogP contribution in [0.5, 0.6) is 0 Å². The summed E-state index contributed by atoms with van der Waals surface area (Å²) < 4.78 is 0. The molecule has 1 aromatic rings. The van der Waals surface area contributed by atoms with Crippen molar-refractivity contribution in [2.24, 2.45) is 0 Å². The lowest BCUT2D eigenvalue weighted by Gasteiger charge is -2.40. The summed E-state index contributed by atoms with van der Waals surface area (Å²) in [6.45, 7) is 11.6. The van der Waals surface area contributed by atoms with E-state index in [0.29, 0.717) is 12.1 Å². The molecule has 2 atom stereocenters. The first kappa shape index (κ1) is 14.1. The van der Waals surface area contributed by atoms with E-state index < -0.39 is 0 Å². The van der Waals surface area contributed by atoms with E-state index in [4.69, 9.17) is 0 Å². The van der Waals surface area contributed by atoms with Crippen molar-refractivity contribution < 1.29 is 0 Å². The molecule has 20 heavy (non-hydrogen) atoms. The van der Waals surface area contributed by atoms with Crippen molar-refractivity contribution in [2.75, 3.05) is 39.3 Å². The zero-order chi connectivity index (χ0) is 13.9. The van der Waals surface area contributed by atoms with E-state index in [1.165, 1.54) is 44.7 Å². The monoisotopic (exact) mass is 273 g/mol. The van der Waals surface area contributed by atoms with Crippen molar-refractivity contribution in [1.29, 1.82) is 0 Å². The van der Waals surface area contributed by atoms with E-state index in [9.17, 15) is 0 Å². The van der Waals surface area contributed by atoms with Crippen LogP contribution in [0.3, 0.4) is 0 Å². The topological polar surface area (TPSA) is 18.5 Å². The first-order chi connectivity index (χ1) is 9.83. The van der Waals surface area contributed by atoms with Gasteiger partial charge < -0.3 is 10.2 Å². The van der Waals surface area contributed by atoms with Crippen LogP contribution >= 0.6 is 0 Å². The molecule has 0 saturated carbocycles. The van der Waals surface area contributed by atoms with E-state index >= 15 is 0 Å². The van der Waals surface area contributed by atoms with Crippen molar-refractivity contribution in [1.82, 2.24) is 15.1 Å². The van der Waals surface area contributed by atoms with Gasteiger partial charge in [0.05, 0.1) is 0 Å². The van der Waals surface area contributed by atoms with Gasteiger partial charge >= 0.3 is 0 Å². The van der Waals surface area contributed by atoms with Crippen molar-refractivity contribution in [3.63, 3.8) is 0 Å². The molecule has 0 radical (unpaired) electrons. The van der Waals surface area contributed by atoms with Crippen LogP contribution in [0.15, 0.2) is 24.3 Å². The molecule has 1 aromatic carbocycles. The summed E-state index contributed by atoms with van der Waals surface area (Å²) >= 11 is 0. The zero-order valence-electron chi connectivity index (χ0n) is 12.8. The first-order valence-electron chi connectivity index (χ1n) is 8.11. The summed E-state index contributed by atoms with van der Waals surface area (Å²) in [7, 11) is 0. The van der Waals surface area contributed by atoms with E-state index in [0.717, 1.165) is 6.54 Å². The highest BCUT2D eigenvalue weighted by molar-refractivity contribution is 5.37. The maximum Gasteiger partial charge on any atom is 0.0484 e. The van der Waals surface area contributed by atoms with Gasteiger partial charge in [-0.2, -0.15) is 0 Å². The van der Waals surface area contributed by atoms with E-state index in [2.05, 4.69) is 53.2 Å². The number of likely N-dealkylation sites (N-methyl/N-ethyl adjacent to an activating group) is 2. The molecule has 3 nitrogen and oxygen atoms in total. The van der Waals surface area contributed by atoms with Gasteiger partial charge in [-0.3, -0.25) is 4.90 Å². The van der Waals surface area contributed by atoms with Crippen LogP contribution in [0.2, 0.25) is 0 Å². The minimum atomic E-state index is 0.518. The SMILES string of the molecule is CCNC1c2ccccc2CC1N1CCN(CC)CC1. The maximum atomic E-state index is 3.72. The summed E-state index contributed by atoms with van der Waals surface area (Å²) in [6, 6.07) is 10.1. The highest BCUT2D eigenvalue weighted by Crippen LogP contribution is 2.34. The van der Waals surface area contributed by atoms with Gasteiger partial charge in [-0.1, -0.05) is 38.1 Å². The third-order valence-electron chi connectivity index (χ3n) is 4.95. The Morgan fingerprint density at radius 2 is 1.85 bits per heavy atom. The molecule has 3 heteroatoms. The Morgan fingerprint density at radius 1 is 1.10 bits per heavy atom. The summed E-state index contributed by atoms with van der Waals surface area (Å²) in [5.41, 5.74) is 3.07. The molecule has 1 aliphatic carbocycles. The standard InChI is InChI=1S/C17H27N3/c1-3-18-17-15-8-6-5-7-14(15)13-16(17)20-11-9-19(4-2)10-12-20/h5-8,16-18H,3-4,9-13H2,1-2H3. The number of nitrogens with one attached hydrogen (secondary N) is 1. The van der Waals surface area contributed by atoms with E-state index in [1.54, 1.807) is 5.56 Å². The van der Waals surface area contributed by atoms with Crippen LogP contribution in [-0.4, -0.2) is 55.1 Å². The molecule has 1 saturated heterocycles. The lowest BCUT2D eigenvalue weighted by Crippen LogP contribution is -2.52. The second-order valence-electron chi connectivity index (χ2n) is 5.98. The van der Waals surface area contributed by atoms with Gasteiger partial charge in [0, 0.05) is 38.3 Å². The first-order valence-corrected chi connectivity index (χ1v) is 8.11. The Bertz CT molecular complexity index is 438. The largest absolute Gasteiger partial charge is 0.309 e. The average Bonchev–Trinajstić information content (AvgIpc) is 2.87. The van der Waals surface area contributed by atoms with Crippen LogP contribution in [0.25, 0.3) is 0 Å². The third kappa shape index (κ3) is 2.62. The van der Waals surface area contributed by atoms with Crippen molar-refractivity contribution in [3.8, 4) is 0 Å². The fourth-order valence-electron chi connectivity index (χ4n) is 3.79. The minimum Gasteiger partial charge on any atom is -0.309 e. The van der Waals surface area contributed by atoms with Crippen LogP contribution in [0.4, 0.5) is 0 Å². The van der Waals surface area contributed by atoms with Crippen LogP contribution < -0.4 is 5.32 Å². The summed E-state index contributed by atoms with van der Waals surface area (Å²) in [5, 5.41) is 3.72. The zero-order valence-corrected chi connectivity index (χ0v) is 12.8. The fourth-order valence-corrected chi connectivity index (χ4v) is 3.79. The van der Waals surface area contributed by atoms with E-state index in [-0.39, 0.29) is 0 Å². The molecular formula is C17H27N3. The van der Waals surface area contributed by atoms with E-state index in [1.807, 2.05) is 0 Å². The summed E-state index contributed by atoms with van der Waals surface area (Å²) in [5.74, 6) is 0. The molecule has 2 aliphatic rings. The van der Waals surface area contributed by atoms with Gasteiger partial charge in [-0.25, -0.2) is 0 Å². The second-order valence-corrected chi connectivity index (χ2v) is 5.98. The van der Waals surface area contributed by atoms with Gasteiger partial charge in [0.1, 0.15) is 0 Å². The molecule has 1 N–H and O–H groups in total. The predicted octanol–water partition coefficient (Wildman–Crippen LogP) is 1.90. The van der Waals surface area contributed by atoms with Crippen molar-refractivity contribution in [2.45, 2.75) is 32.4 Å². The number of hydrogen-bond donors (Lipinski definition) is 1. The lowest BCUT2D eigenvalue weighted by atomic mass is 10.1. The normalized spacial score (nSPS) is 27.7. The molecule has 1 aliphatic heterocycles. The summed E-state index contributed by atoms with van der Waals surface area (Å²) in [6.07, 6.45) is 1.21. The Balaban J connectivity index is 1.74. The number of hydrogen-bond acceptors (Lipinski definition) is 3. The highest BCUT2D eigenvalue weighted by atomic mass is 15.3. The highest BCUT2D eigenvalue weighted by Gasteiger charge is 2.36. The molecule has 0 aromatic heterocycles. The molecule has 3 rings (SSSR count). The Kier molecular flexibility index (Phi) is 4.39.